The number of aryl methyl sites for hydroxylation is 3. The molecule has 1 aliphatic heterocycles. The molecule has 3 atom stereocenters. The molecule has 5 rings (SSSR count). The van der Waals surface area contributed by atoms with Crippen LogP contribution in [0.25, 0.3) is 11.3 Å². The molecule has 1 aliphatic rings. The Morgan fingerprint density at radius 1 is 1.10 bits per heavy atom. The minimum absolute atomic E-state index is 0.0719. The molecule has 13 heteroatoms. The van der Waals surface area contributed by atoms with Gasteiger partial charge in [-0.3, -0.25) is 24.2 Å². The molecule has 1 fully saturated rings. The summed E-state index contributed by atoms with van der Waals surface area (Å²) < 4.78 is 7.69. The summed E-state index contributed by atoms with van der Waals surface area (Å²) in [4.78, 5) is 36.4. The molecule has 218 valence electrons. The number of benzene rings is 1. The molecule has 0 saturated carbocycles. The molecule has 1 saturated heterocycles. The van der Waals surface area contributed by atoms with Gasteiger partial charge in [0.1, 0.15) is 17.0 Å². The third-order valence-corrected chi connectivity index (χ3v) is 7.65. The second-order valence-electron chi connectivity index (χ2n) is 10.4. The fourth-order valence-corrected chi connectivity index (χ4v) is 5.21. The first-order chi connectivity index (χ1) is 20.0. The zero-order chi connectivity index (χ0) is 30.1. The van der Waals surface area contributed by atoms with Crippen molar-refractivity contribution in [1.29, 1.82) is 0 Å². The molecule has 2 amide bonds. The number of aromatic nitrogens is 6. The van der Waals surface area contributed by atoms with Crippen molar-refractivity contribution in [2.75, 3.05) is 16.8 Å². The monoisotopic (exact) mass is 604 g/mol. The predicted molar refractivity (Wildman–Crippen MR) is 168 cm³/mol. The van der Waals surface area contributed by atoms with Crippen LogP contribution in [0.5, 0.6) is 5.75 Å². The molecule has 2 unspecified atom stereocenters. The molecule has 4 aromatic rings. The number of carbonyl (C=O) groups is 2. The first kappa shape index (κ1) is 29.7. The number of rotatable bonds is 8. The van der Waals surface area contributed by atoms with Crippen molar-refractivity contribution in [3.05, 3.63) is 70.6 Å². The summed E-state index contributed by atoms with van der Waals surface area (Å²) in [6.45, 7) is 10.3. The molecular formula is C29H34N8O3P2. The maximum atomic E-state index is 13.4. The van der Waals surface area contributed by atoms with Crippen LogP contribution < -0.4 is 15.0 Å². The van der Waals surface area contributed by atoms with E-state index in [9.17, 15) is 9.59 Å². The Labute approximate surface area is 249 Å². The van der Waals surface area contributed by atoms with Gasteiger partial charge in [0.25, 0.3) is 5.91 Å². The molecular weight excluding hydrogens is 570 g/mol. The summed E-state index contributed by atoms with van der Waals surface area (Å²) in [5.41, 5.74) is 6.03. The molecule has 11 nitrogen and oxygen atoms in total. The number of nitrogens with one attached hydrogen (secondary N) is 1. The average Bonchev–Trinajstić information content (AvgIpc) is 3.59. The summed E-state index contributed by atoms with van der Waals surface area (Å²) in [5.74, 6) is 0.933. The van der Waals surface area contributed by atoms with E-state index in [4.69, 9.17) is 9.72 Å². The van der Waals surface area contributed by atoms with Gasteiger partial charge in [0.15, 0.2) is 5.82 Å². The second kappa shape index (κ2) is 12.2. The van der Waals surface area contributed by atoms with E-state index in [0.717, 1.165) is 28.7 Å². The predicted octanol–water partition coefficient (Wildman–Crippen LogP) is 4.76. The molecule has 0 spiro atoms. The number of anilines is 2. The summed E-state index contributed by atoms with van der Waals surface area (Å²) in [5, 5.41) is 16.1. The SMILES string of the molecule is Cc1cc([C@@H](C)n2cc(NC(=O)c3nc(-c4c(OC(P)P)ccc(C)c4C)cnc3C)cn2)nnc1N1CCCC1=O. The lowest BCUT2D eigenvalue weighted by atomic mass is 9.99. The van der Waals surface area contributed by atoms with Crippen LogP contribution in [-0.4, -0.2) is 53.9 Å². The van der Waals surface area contributed by atoms with Gasteiger partial charge >= 0.3 is 0 Å². The van der Waals surface area contributed by atoms with Crippen LogP contribution in [0.3, 0.4) is 0 Å². The van der Waals surface area contributed by atoms with E-state index in [1.54, 1.807) is 35.1 Å². The van der Waals surface area contributed by atoms with Gasteiger partial charge in [-0.15, -0.1) is 5.10 Å². The van der Waals surface area contributed by atoms with E-state index in [1.165, 1.54) is 0 Å². The molecule has 0 aliphatic carbocycles. The first-order valence-corrected chi connectivity index (χ1v) is 15.0. The lowest BCUT2D eigenvalue weighted by Crippen LogP contribution is -2.26. The quantitative estimate of drug-likeness (QED) is 0.285. The Balaban J connectivity index is 1.36. The number of nitrogens with zero attached hydrogens (tertiary/aromatic N) is 7. The van der Waals surface area contributed by atoms with E-state index < -0.39 is 5.91 Å². The summed E-state index contributed by atoms with van der Waals surface area (Å²) in [6.07, 6.45) is 6.34. The van der Waals surface area contributed by atoms with Crippen LogP contribution in [0.2, 0.25) is 0 Å². The van der Waals surface area contributed by atoms with Gasteiger partial charge in [0.05, 0.1) is 41.2 Å². The fourth-order valence-electron chi connectivity index (χ4n) is 4.92. The van der Waals surface area contributed by atoms with Crippen molar-refractivity contribution in [1.82, 2.24) is 29.9 Å². The molecule has 3 aromatic heterocycles. The van der Waals surface area contributed by atoms with Crippen LogP contribution in [0.1, 0.15) is 64.4 Å². The summed E-state index contributed by atoms with van der Waals surface area (Å²) in [7, 11) is 5.18. The standard InChI is InChI=1S/C29H34N8O3P2/c1-15-8-9-23(40-29(41)42)25(17(15)3)22-13-30-18(4)26(33-22)28(39)32-20-12-31-37(14-20)19(5)21-11-16(2)27(35-34-21)36-10-6-7-24(36)38/h8-9,11-14,19,29H,6-7,10,41-42H2,1-5H3,(H,32,39)/t19-/m1/s1. The third kappa shape index (κ3) is 6.03. The van der Waals surface area contributed by atoms with E-state index >= 15 is 0 Å². The number of hydrogen-bond acceptors (Lipinski definition) is 8. The van der Waals surface area contributed by atoms with Crippen LogP contribution in [0.4, 0.5) is 11.5 Å². The highest BCUT2D eigenvalue weighted by molar-refractivity contribution is 7.37. The molecule has 1 aromatic carbocycles. The van der Waals surface area contributed by atoms with E-state index in [1.807, 2.05) is 45.9 Å². The Morgan fingerprint density at radius 2 is 1.88 bits per heavy atom. The smallest absolute Gasteiger partial charge is 0.276 e. The fraction of sp³-hybridized carbons (Fsp3) is 0.345. The minimum Gasteiger partial charge on any atom is -0.482 e. The number of hydrogen-bond donors (Lipinski definition) is 1. The highest BCUT2D eigenvalue weighted by Gasteiger charge is 2.26. The molecule has 1 N–H and O–H groups in total. The van der Waals surface area contributed by atoms with Crippen molar-refractivity contribution in [2.45, 2.75) is 59.1 Å². The van der Waals surface area contributed by atoms with Gasteiger partial charge in [-0.2, -0.15) is 10.2 Å². The molecule has 42 heavy (non-hydrogen) atoms. The Bertz CT molecular complexity index is 1670. The maximum Gasteiger partial charge on any atom is 0.276 e. The normalized spacial score (nSPS) is 14.0. The van der Waals surface area contributed by atoms with Crippen molar-refractivity contribution < 1.29 is 14.3 Å². The topological polar surface area (TPSA) is 128 Å². The van der Waals surface area contributed by atoms with Crippen molar-refractivity contribution in [3.63, 3.8) is 0 Å². The number of carbonyl (C=O) groups excluding carboxylic acids is 2. The van der Waals surface area contributed by atoms with Gasteiger partial charge in [0, 0.05) is 24.7 Å². The largest absolute Gasteiger partial charge is 0.482 e. The van der Waals surface area contributed by atoms with Crippen molar-refractivity contribution >= 4 is 41.8 Å². The Kier molecular flexibility index (Phi) is 8.62. The lowest BCUT2D eigenvalue weighted by molar-refractivity contribution is -0.117. The van der Waals surface area contributed by atoms with Gasteiger partial charge < -0.3 is 10.1 Å². The molecule has 4 heterocycles. The van der Waals surface area contributed by atoms with E-state index in [-0.39, 0.29) is 23.2 Å². The average molecular weight is 605 g/mol. The molecule has 0 radical (unpaired) electrons. The third-order valence-electron chi connectivity index (χ3n) is 7.38. The minimum atomic E-state index is -0.396. The van der Waals surface area contributed by atoms with Crippen LogP contribution in [0.15, 0.2) is 36.8 Å². The van der Waals surface area contributed by atoms with Crippen molar-refractivity contribution in [3.8, 4) is 17.0 Å². The van der Waals surface area contributed by atoms with Crippen LogP contribution in [0, 0.1) is 27.7 Å². The highest BCUT2D eigenvalue weighted by Crippen LogP contribution is 2.36. The summed E-state index contributed by atoms with van der Waals surface area (Å²) in [6, 6.07) is 5.57. The number of ether oxygens (including phenoxy) is 1. The van der Waals surface area contributed by atoms with E-state index in [0.29, 0.717) is 47.3 Å². The Morgan fingerprint density at radius 3 is 2.57 bits per heavy atom. The lowest BCUT2D eigenvalue weighted by Gasteiger charge is -2.18. The first-order valence-electron chi connectivity index (χ1n) is 13.7. The molecule has 0 bridgehead atoms. The van der Waals surface area contributed by atoms with Crippen molar-refractivity contribution in [2.24, 2.45) is 0 Å². The Hall–Kier alpha value is -3.81. The van der Waals surface area contributed by atoms with Crippen LogP contribution in [-0.2, 0) is 4.79 Å². The zero-order valence-electron chi connectivity index (χ0n) is 24.3. The van der Waals surface area contributed by atoms with Gasteiger partial charge in [0.2, 0.25) is 5.91 Å². The summed E-state index contributed by atoms with van der Waals surface area (Å²) >= 11 is 0. The van der Waals surface area contributed by atoms with Gasteiger partial charge in [-0.05, 0) is 69.9 Å². The van der Waals surface area contributed by atoms with Gasteiger partial charge in [-0.1, -0.05) is 24.5 Å². The second-order valence-corrected chi connectivity index (χ2v) is 12.5. The highest BCUT2D eigenvalue weighted by atomic mass is 31.1. The van der Waals surface area contributed by atoms with Gasteiger partial charge in [-0.25, -0.2) is 4.98 Å². The maximum absolute atomic E-state index is 13.4. The van der Waals surface area contributed by atoms with E-state index in [2.05, 4.69) is 44.1 Å². The number of amides is 2. The van der Waals surface area contributed by atoms with Crippen LogP contribution >= 0.6 is 18.5 Å². The zero-order valence-corrected chi connectivity index (χ0v) is 26.6.